The Labute approximate surface area is 197 Å². The molecule has 0 saturated carbocycles. The predicted octanol–water partition coefficient (Wildman–Crippen LogP) is 4.31. The molecule has 0 unspecified atom stereocenters. The Hall–Kier alpha value is -2.58. The molecule has 2 N–H and O–H groups in total. The van der Waals surface area contributed by atoms with Gasteiger partial charge in [-0.15, -0.1) is 11.3 Å². The minimum Gasteiger partial charge on any atom is -0.341 e. The number of carbonyl (C=O) groups excluding carboxylic acids is 3. The summed E-state index contributed by atoms with van der Waals surface area (Å²) in [5, 5.41) is 8.24. The van der Waals surface area contributed by atoms with Gasteiger partial charge < -0.3 is 20.4 Å². The van der Waals surface area contributed by atoms with Crippen LogP contribution in [0, 0.1) is 5.92 Å². The number of carbonyl (C=O) groups is 3. The number of nitrogens with zero attached hydrogens (tertiary/aromatic N) is 2. The lowest BCUT2D eigenvalue weighted by Gasteiger charge is -2.37. The van der Waals surface area contributed by atoms with Crippen molar-refractivity contribution in [3.8, 4) is 0 Å². The Morgan fingerprint density at radius 2 is 1.88 bits per heavy atom. The molecular weight excluding hydrogens is 448 g/mol. The summed E-state index contributed by atoms with van der Waals surface area (Å²) in [6, 6.07) is 9.78. The molecule has 1 aromatic carbocycles. The monoisotopic (exact) mass is 476 g/mol. The van der Waals surface area contributed by atoms with Gasteiger partial charge in [0, 0.05) is 36.9 Å². The maximum absolute atomic E-state index is 13.2. The first-order valence-corrected chi connectivity index (χ1v) is 12.1. The quantitative estimate of drug-likeness (QED) is 0.624. The second-order valence-electron chi connectivity index (χ2n) is 7.70. The van der Waals surface area contributed by atoms with Gasteiger partial charge in [0.25, 0.3) is 5.91 Å². The lowest BCUT2D eigenvalue weighted by atomic mass is 9.88. The summed E-state index contributed by atoms with van der Waals surface area (Å²) in [5.74, 6) is -0.337. The summed E-state index contributed by atoms with van der Waals surface area (Å²) in [5.41, 5.74) is 0.641. The van der Waals surface area contributed by atoms with Crippen molar-refractivity contribution in [3.05, 3.63) is 51.7 Å². The van der Waals surface area contributed by atoms with E-state index in [9.17, 15) is 14.4 Å². The summed E-state index contributed by atoms with van der Waals surface area (Å²) in [6.07, 6.45) is 1.26. The number of anilines is 1. The van der Waals surface area contributed by atoms with Crippen LogP contribution in [0.25, 0.3) is 0 Å². The fourth-order valence-corrected chi connectivity index (χ4v) is 4.76. The molecule has 172 valence electrons. The first-order chi connectivity index (χ1) is 15.4. The normalized spacial score (nSPS) is 15.2. The lowest BCUT2D eigenvalue weighted by molar-refractivity contribution is -0.134. The molecule has 4 amide bonds. The Morgan fingerprint density at radius 1 is 1.16 bits per heavy atom. The molecule has 32 heavy (non-hydrogen) atoms. The van der Waals surface area contributed by atoms with E-state index >= 15 is 0 Å². The van der Waals surface area contributed by atoms with E-state index in [0.29, 0.717) is 54.6 Å². The van der Waals surface area contributed by atoms with Gasteiger partial charge in [0.15, 0.2) is 0 Å². The van der Waals surface area contributed by atoms with Crippen LogP contribution in [-0.4, -0.2) is 59.9 Å². The number of thiophene rings is 1. The third-order valence-electron chi connectivity index (χ3n) is 5.75. The van der Waals surface area contributed by atoms with Gasteiger partial charge in [-0.05, 0) is 62.3 Å². The predicted molar refractivity (Wildman–Crippen MR) is 128 cm³/mol. The molecule has 1 aromatic heterocycles. The van der Waals surface area contributed by atoms with Crippen molar-refractivity contribution in [2.75, 3.05) is 31.5 Å². The molecule has 0 radical (unpaired) electrons. The van der Waals surface area contributed by atoms with Crippen LogP contribution >= 0.6 is 22.9 Å². The third-order valence-corrected chi connectivity index (χ3v) is 6.85. The number of likely N-dealkylation sites (tertiary alicyclic amines) is 1. The van der Waals surface area contributed by atoms with Crippen LogP contribution in [0.15, 0.2) is 41.8 Å². The van der Waals surface area contributed by atoms with Crippen LogP contribution in [0.1, 0.15) is 36.4 Å². The van der Waals surface area contributed by atoms with Gasteiger partial charge in [0.05, 0.1) is 4.88 Å². The number of hydrogen-bond acceptors (Lipinski definition) is 4. The molecule has 0 bridgehead atoms. The molecule has 9 heteroatoms. The molecule has 3 rings (SSSR count). The highest BCUT2D eigenvalue weighted by molar-refractivity contribution is 7.12. The van der Waals surface area contributed by atoms with Crippen LogP contribution in [0.5, 0.6) is 0 Å². The molecule has 1 fully saturated rings. The maximum Gasteiger partial charge on any atom is 0.321 e. The molecule has 1 aliphatic rings. The number of halogens is 1. The summed E-state index contributed by atoms with van der Waals surface area (Å²) >= 11 is 7.34. The molecule has 2 aromatic rings. The number of nitrogens with one attached hydrogen (secondary N) is 2. The second kappa shape index (κ2) is 11.3. The van der Waals surface area contributed by atoms with E-state index in [1.165, 1.54) is 11.3 Å². The zero-order chi connectivity index (χ0) is 23.1. The van der Waals surface area contributed by atoms with Gasteiger partial charge >= 0.3 is 6.03 Å². The zero-order valence-corrected chi connectivity index (χ0v) is 19.9. The molecule has 1 saturated heterocycles. The Balaban J connectivity index is 1.65. The highest BCUT2D eigenvalue weighted by Crippen LogP contribution is 2.24. The van der Waals surface area contributed by atoms with Crippen molar-refractivity contribution in [2.24, 2.45) is 5.92 Å². The average Bonchev–Trinajstić information content (AvgIpc) is 3.33. The van der Waals surface area contributed by atoms with Crippen molar-refractivity contribution in [1.29, 1.82) is 0 Å². The number of rotatable bonds is 7. The van der Waals surface area contributed by atoms with Crippen molar-refractivity contribution >= 4 is 46.5 Å². The first kappa shape index (κ1) is 24.1. The SMILES string of the molecule is CCN(CC)C(=O)[C@@H](NC(=O)c1cccs1)C1CCN(C(=O)Nc2cccc(Cl)c2)CC1. The van der Waals surface area contributed by atoms with E-state index in [0.717, 1.165) is 0 Å². The fourth-order valence-electron chi connectivity index (χ4n) is 3.94. The largest absolute Gasteiger partial charge is 0.341 e. The molecule has 0 spiro atoms. The van der Waals surface area contributed by atoms with Gasteiger partial charge in [-0.1, -0.05) is 23.7 Å². The van der Waals surface area contributed by atoms with Crippen molar-refractivity contribution in [2.45, 2.75) is 32.7 Å². The molecule has 7 nitrogen and oxygen atoms in total. The Bertz CT molecular complexity index is 925. The van der Waals surface area contributed by atoms with E-state index in [4.69, 9.17) is 11.6 Å². The van der Waals surface area contributed by atoms with Crippen molar-refractivity contribution < 1.29 is 14.4 Å². The smallest absolute Gasteiger partial charge is 0.321 e. The zero-order valence-electron chi connectivity index (χ0n) is 18.3. The minimum absolute atomic E-state index is 0.0396. The molecule has 0 aliphatic carbocycles. The molecular formula is C23H29ClN4O3S. The number of benzene rings is 1. The van der Waals surface area contributed by atoms with Crippen LogP contribution in [-0.2, 0) is 4.79 Å². The summed E-state index contributed by atoms with van der Waals surface area (Å²) in [7, 11) is 0. The third kappa shape index (κ3) is 6.01. The first-order valence-electron chi connectivity index (χ1n) is 10.9. The van der Waals surface area contributed by atoms with Crippen molar-refractivity contribution in [3.63, 3.8) is 0 Å². The van der Waals surface area contributed by atoms with Crippen molar-refractivity contribution in [1.82, 2.24) is 15.1 Å². The van der Waals surface area contributed by atoms with Crippen LogP contribution < -0.4 is 10.6 Å². The number of urea groups is 1. The standard InChI is InChI=1S/C23H29ClN4O3S/c1-3-27(4-2)22(30)20(26-21(29)19-9-6-14-32-19)16-10-12-28(13-11-16)23(31)25-18-8-5-7-17(24)15-18/h5-9,14-16,20H,3-4,10-13H2,1-2H3,(H,25,31)(H,26,29)/t20-/m0/s1. The van der Waals surface area contributed by atoms with Gasteiger partial charge in [-0.2, -0.15) is 0 Å². The lowest BCUT2D eigenvalue weighted by Crippen LogP contribution is -2.55. The second-order valence-corrected chi connectivity index (χ2v) is 9.09. The van der Waals surface area contributed by atoms with Gasteiger partial charge in [0.2, 0.25) is 5.91 Å². The average molecular weight is 477 g/mol. The number of likely N-dealkylation sites (N-methyl/N-ethyl adjacent to an activating group) is 1. The highest BCUT2D eigenvalue weighted by atomic mass is 35.5. The topological polar surface area (TPSA) is 81.8 Å². The fraction of sp³-hybridized carbons (Fsp3) is 0.435. The summed E-state index contributed by atoms with van der Waals surface area (Å²) < 4.78 is 0. The molecule has 1 atom stereocenters. The highest BCUT2D eigenvalue weighted by Gasteiger charge is 2.35. The van der Waals surface area contributed by atoms with Crippen LogP contribution in [0.3, 0.4) is 0 Å². The number of piperidine rings is 1. The molecule has 2 heterocycles. The van der Waals surface area contributed by atoms with E-state index in [1.54, 1.807) is 40.1 Å². The van der Waals surface area contributed by atoms with E-state index < -0.39 is 6.04 Å². The Kier molecular flexibility index (Phi) is 8.53. The van der Waals surface area contributed by atoms with Gasteiger partial charge in [0.1, 0.15) is 6.04 Å². The molecule has 1 aliphatic heterocycles. The summed E-state index contributed by atoms with van der Waals surface area (Å²) in [6.45, 7) is 6.05. The number of amides is 4. The van der Waals surface area contributed by atoms with Gasteiger partial charge in [-0.3, -0.25) is 9.59 Å². The maximum atomic E-state index is 13.2. The summed E-state index contributed by atoms with van der Waals surface area (Å²) in [4.78, 5) is 42.6. The van der Waals surface area contributed by atoms with Gasteiger partial charge in [-0.25, -0.2) is 4.79 Å². The number of hydrogen-bond donors (Lipinski definition) is 2. The van der Waals surface area contributed by atoms with E-state index in [2.05, 4.69) is 10.6 Å². The van der Waals surface area contributed by atoms with Crippen LogP contribution in [0.4, 0.5) is 10.5 Å². The van der Waals surface area contributed by atoms with Crippen LogP contribution in [0.2, 0.25) is 5.02 Å². The minimum atomic E-state index is -0.609. The van der Waals surface area contributed by atoms with E-state index in [1.807, 2.05) is 25.3 Å². The Morgan fingerprint density at radius 3 is 2.47 bits per heavy atom. The van der Waals surface area contributed by atoms with E-state index in [-0.39, 0.29) is 23.8 Å².